The number of methoxy groups -OCH3 is 1. The minimum Gasteiger partial charge on any atom is -0.385 e. The van der Waals surface area contributed by atoms with Crippen LogP contribution < -0.4 is 5.32 Å². The maximum atomic E-state index is 5.49. The molecule has 1 aromatic heterocycles. The zero-order chi connectivity index (χ0) is 13.4. The van der Waals surface area contributed by atoms with Crippen molar-refractivity contribution in [2.45, 2.75) is 39.8 Å². The lowest BCUT2D eigenvalue weighted by Crippen LogP contribution is -2.16. The molecule has 0 aliphatic heterocycles. The van der Waals surface area contributed by atoms with E-state index >= 15 is 0 Å². The van der Waals surface area contributed by atoms with Crippen LogP contribution in [0.1, 0.15) is 26.0 Å². The van der Waals surface area contributed by atoms with Gasteiger partial charge in [-0.15, -0.1) is 0 Å². The van der Waals surface area contributed by atoms with Gasteiger partial charge in [-0.1, -0.05) is 0 Å². The van der Waals surface area contributed by atoms with Crippen LogP contribution in [0, 0.1) is 6.92 Å². The lowest BCUT2D eigenvalue weighted by Gasteiger charge is -2.11. The van der Waals surface area contributed by atoms with Gasteiger partial charge in [-0.3, -0.25) is 0 Å². The Kier molecular flexibility index (Phi) is 6.75. The molecule has 104 valence electrons. The van der Waals surface area contributed by atoms with Crippen molar-refractivity contribution in [2.75, 3.05) is 32.2 Å². The summed E-state index contributed by atoms with van der Waals surface area (Å²) in [5.41, 5.74) is 1.03. The average Bonchev–Trinajstić information content (AvgIpc) is 2.65. The van der Waals surface area contributed by atoms with Crippen LogP contribution in [0.5, 0.6) is 0 Å². The van der Waals surface area contributed by atoms with Gasteiger partial charge in [0.1, 0.15) is 0 Å². The minimum absolute atomic E-state index is 0.273. The Labute approximate surface area is 109 Å². The summed E-state index contributed by atoms with van der Waals surface area (Å²) in [6.45, 7) is 9.24. The van der Waals surface area contributed by atoms with Crippen LogP contribution in [0.3, 0.4) is 0 Å². The maximum Gasteiger partial charge on any atom is 0.203 e. The lowest BCUT2D eigenvalue weighted by atomic mass is 10.4. The highest BCUT2D eigenvalue weighted by Gasteiger charge is 2.04. The van der Waals surface area contributed by atoms with Gasteiger partial charge in [-0.25, -0.2) is 4.98 Å². The molecule has 0 atom stereocenters. The second-order valence-electron chi connectivity index (χ2n) is 4.59. The molecule has 18 heavy (non-hydrogen) atoms. The summed E-state index contributed by atoms with van der Waals surface area (Å²) in [4.78, 5) is 4.46. The van der Waals surface area contributed by atoms with Gasteiger partial charge in [0.2, 0.25) is 5.95 Å². The van der Waals surface area contributed by atoms with Gasteiger partial charge in [-0.05, 0) is 27.2 Å². The van der Waals surface area contributed by atoms with Crippen LogP contribution in [0.15, 0.2) is 6.20 Å². The van der Waals surface area contributed by atoms with Crippen LogP contribution in [-0.4, -0.2) is 42.5 Å². The normalized spacial score (nSPS) is 11.2. The quantitative estimate of drug-likeness (QED) is 0.686. The second kappa shape index (κ2) is 8.11. The molecule has 0 amide bonds. The van der Waals surface area contributed by atoms with Gasteiger partial charge in [-0.2, -0.15) is 0 Å². The highest BCUT2D eigenvalue weighted by Crippen LogP contribution is 2.09. The van der Waals surface area contributed by atoms with E-state index in [1.54, 1.807) is 7.11 Å². The Hall–Kier alpha value is -1.07. The molecule has 0 radical (unpaired) electrons. The molecule has 5 heteroatoms. The molecule has 1 aromatic rings. The van der Waals surface area contributed by atoms with E-state index in [-0.39, 0.29) is 6.10 Å². The van der Waals surface area contributed by atoms with Crippen molar-refractivity contribution in [3.05, 3.63) is 11.9 Å². The van der Waals surface area contributed by atoms with Crippen molar-refractivity contribution < 1.29 is 9.47 Å². The Morgan fingerprint density at radius 2 is 2.17 bits per heavy atom. The molecule has 1 heterocycles. The Bertz CT molecular complexity index is 337. The summed E-state index contributed by atoms with van der Waals surface area (Å²) >= 11 is 0. The van der Waals surface area contributed by atoms with Gasteiger partial charge >= 0.3 is 0 Å². The molecule has 0 saturated carbocycles. The molecule has 0 aliphatic rings. The summed E-state index contributed by atoms with van der Waals surface area (Å²) in [7, 11) is 1.72. The number of nitrogens with zero attached hydrogens (tertiary/aromatic N) is 2. The van der Waals surface area contributed by atoms with Crippen molar-refractivity contribution >= 4 is 5.95 Å². The van der Waals surface area contributed by atoms with E-state index in [0.29, 0.717) is 6.61 Å². The van der Waals surface area contributed by atoms with E-state index < -0.39 is 0 Å². The zero-order valence-electron chi connectivity index (χ0n) is 11.9. The Morgan fingerprint density at radius 3 is 2.83 bits per heavy atom. The van der Waals surface area contributed by atoms with Crippen LogP contribution in [0.2, 0.25) is 0 Å². The van der Waals surface area contributed by atoms with Crippen LogP contribution in [0.4, 0.5) is 5.95 Å². The molecule has 1 N–H and O–H groups in total. The van der Waals surface area contributed by atoms with Crippen molar-refractivity contribution in [1.82, 2.24) is 9.55 Å². The van der Waals surface area contributed by atoms with Gasteiger partial charge in [0, 0.05) is 33.0 Å². The van der Waals surface area contributed by atoms with Crippen LogP contribution in [-0.2, 0) is 16.0 Å². The summed E-state index contributed by atoms with van der Waals surface area (Å²) in [5, 5.41) is 3.30. The third-order valence-electron chi connectivity index (χ3n) is 2.48. The summed E-state index contributed by atoms with van der Waals surface area (Å²) in [5.74, 6) is 0.913. The maximum absolute atomic E-state index is 5.49. The molecule has 0 saturated heterocycles. The zero-order valence-corrected chi connectivity index (χ0v) is 11.9. The fourth-order valence-electron chi connectivity index (χ4n) is 1.70. The molecule has 0 spiro atoms. The van der Waals surface area contributed by atoms with Gasteiger partial charge in [0.25, 0.3) is 0 Å². The van der Waals surface area contributed by atoms with Crippen LogP contribution in [0.25, 0.3) is 0 Å². The highest BCUT2D eigenvalue weighted by atomic mass is 16.5. The molecular formula is C13H25N3O2. The van der Waals surface area contributed by atoms with Gasteiger partial charge in [0.05, 0.1) is 18.4 Å². The number of hydrogen-bond acceptors (Lipinski definition) is 4. The number of rotatable bonds is 9. The smallest absolute Gasteiger partial charge is 0.203 e. The predicted molar refractivity (Wildman–Crippen MR) is 73.0 cm³/mol. The summed E-state index contributed by atoms with van der Waals surface area (Å²) in [6, 6.07) is 0. The molecule has 0 aliphatic carbocycles. The molecule has 5 nitrogen and oxygen atoms in total. The van der Waals surface area contributed by atoms with Crippen LogP contribution >= 0.6 is 0 Å². The Balaban J connectivity index is 2.38. The SMILES string of the molecule is COCCCn1cc(C)nc1NCCOC(C)C. The fraction of sp³-hybridized carbons (Fsp3) is 0.769. The largest absolute Gasteiger partial charge is 0.385 e. The number of hydrogen-bond donors (Lipinski definition) is 1. The van der Waals surface area contributed by atoms with E-state index in [1.807, 2.05) is 20.8 Å². The average molecular weight is 255 g/mol. The minimum atomic E-state index is 0.273. The van der Waals surface area contributed by atoms with Gasteiger partial charge in [0.15, 0.2) is 0 Å². The number of imidazole rings is 1. The third kappa shape index (κ3) is 5.51. The third-order valence-corrected chi connectivity index (χ3v) is 2.48. The topological polar surface area (TPSA) is 48.3 Å². The molecule has 0 aromatic carbocycles. The van der Waals surface area contributed by atoms with E-state index in [4.69, 9.17) is 9.47 Å². The van der Waals surface area contributed by atoms with E-state index in [0.717, 1.165) is 37.8 Å². The number of ether oxygens (including phenoxy) is 2. The first-order valence-corrected chi connectivity index (χ1v) is 6.51. The monoisotopic (exact) mass is 255 g/mol. The van der Waals surface area contributed by atoms with Crippen molar-refractivity contribution in [3.63, 3.8) is 0 Å². The first kappa shape index (κ1) is 15.0. The number of aromatic nitrogens is 2. The predicted octanol–water partition coefficient (Wildman–Crippen LogP) is 2.06. The molecule has 0 fully saturated rings. The van der Waals surface area contributed by atoms with E-state index in [9.17, 15) is 0 Å². The van der Waals surface area contributed by atoms with Crippen molar-refractivity contribution in [1.29, 1.82) is 0 Å². The van der Waals surface area contributed by atoms with E-state index in [1.165, 1.54) is 0 Å². The molecular weight excluding hydrogens is 230 g/mol. The second-order valence-corrected chi connectivity index (χ2v) is 4.59. The summed E-state index contributed by atoms with van der Waals surface area (Å²) < 4.78 is 12.7. The number of anilines is 1. The summed E-state index contributed by atoms with van der Waals surface area (Å²) in [6.07, 6.45) is 3.32. The van der Waals surface area contributed by atoms with Crippen molar-refractivity contribution in [3.8, 4) is 0 Å². The van der Waals surface area contributed by atoms with Crippen molar-refractivity contribution in [2.24, 2.45) is 0 Å². The Morgan fingerprint density at radius 1 is 1.39 bits per heavy atom. The standard InChI is InChI=1S/C13H25N3O2/c1-11(2)18-9-6-14-13-15-12(3)10-16(13)7-5-8-17-4/h10-11H,5-9H2,1-4H3,(H,14,15). The van der Waals surface area contributed by atoms with E-state index in [2.05, 4.69) is 21.1 Å². The molecule has 1 rings (SSSR count). The lowest BCUT2D eigenvalue weighted by molar-refractivity contribution is 0.0869. The highest BCUT2D eigenvalue weighted by molar-refractivity contribution is 5.28. The fourth-order valence-corrected chi connectivity index (χ4v) is 1.70. The first-order valence-electron chi connectivity index (χ1n) is 6.51. The number of aryl methyl sites for hydroxylation is 2. The molecule has 0 bridgehead atoms. The molecule has 0 unspecified atom stereocenters. The first-order chi connectivity index (χ1) is 8.63. The van der Waals surface area contributed by atoms with Gasteiger partial charge < -0.3 is 19.4 Å². The number of nitrogens with one attached hydrogen (secondary N) is 1.